The van der Waals surface area contributed by atoms with Gasteiger partial charge in [-0.25, -0.2) is 8.42 Å². The largest absolute Gasteiger partial charge is 0.383 e. The van der Waals surface area contributed by atoms with Gasteiger partial charge in [-0.2, -0.15) is 4.31 Å². The number of sulfonamides is 1. The van der Waals surface area contributed by atoms with Crippen LogP contribution in [0.1, 0.15) is 12.0 Å². The van der Waals surface area contributed by atoms with Crippen LogP contribution in [0.5, 0.6) is 0 Å². The molecule has 0 spiro atoms. The van der Waals surface area contributed by atoms with E-state index in [1.807, 2.05) is 6.07 Å². The van der Waals surface area contributed by atoms with Crippen molar-refractivity contribution < 1.29 is 17.9 Å². The fourth-order valence-electron chi connectivity index (χ4n) is 1.65. The van der Waals surface area contributed by atoms with Crippen LogP contribution in [0.15, 0.2) is 24.5 Å². The van der Waals surface area contributed by atoms with Gasteiger partial charge in [-0.3, -0.25) is 9.78 Å². The van der Waals surface area contributed by atoms with Crippen molar-refractivity contribution in [2.24, 2.45) is 0 Å². The van der Waals surface area contributed by atoms with Gasteiger partial charge in [-0.1, -0.05) is 6.07 Å². The van der Waals surface area contributed by atoms with Crippen LogP contribution in [0.4, 0.5) is 0 Å². The number of hydrogen-bond acceptors (Lipinski definition) is 5. The summed E-state index contributed by atoms with van der Waals surface area (Å²) in [7, 11) is -1.84. The lowest BCUT2D eigenvalue weighted by Crippen LogP contribution is -2.36. The number of nitrogens with zero attached hydrogens (tertiary/aromatic N) is 2. The van der Waals surface area contributed by atoms with Crippen LogP contribution in [-0.2, 0) is 26.1 Å². The average Bonchev–Trinajstić information content (AvgIpc) is 2.45. The molecule has 1 aromatic rings. The zero-order valence-corrected chi connectivity index (χ0v) is 13.1. The molecule has 0 saturated heterocycles. The first-order valence-electron chi connectivity index (χ1n) is 6.53. The number of amides is 1. The first-order valence-corrected chi connectivity index (χ1v) is 8.38. The van der Waals surface area contributed by atoms with E-state index in [-0.39, 0.29) is 25.4 Å². The Morgan fingerprint density at radius 2 is 2.19 bits per heavy atom. The lowest BCUT2D eigenvalue weighted by molar-refractivity contribution is -0.121. The van der Waals surface area contributed by atoms with E-state index in [4.69, 9.17) is 4.74 Å². The minimum absolute atomic E-state index is 0.108. The van der Waals surface area contributed by atoms with Crippen LogP contribution in [0.25, 0.3) is 0 Å². The van der Waals surface area contributed by atoms with E-state index < -0.39 is 10.0 Å². The molecular weight excluding hydrogens is 294 g/mol. The highest BCUT2D eigenvalue weighted by Crippen LogP contribution is 2.00. The van der Waals surface area contributed by atoms with Crippen molar-refractivity contribution in [2.45, 2.75) is 13.0 Å². The lowest BCUT2D eigenvalue weighted by Gasteiger charge is -2.19. The van der Waals surface area contributed by atoms with Crippen molar-refractivity contribution in [2.75, 3.05) is 33.1 Å². The maximum Gasteiger partial charge on any atom is 0.221 e. The second kappa shape index (κ2) is 8.71. The van der Waals surface area contributed by atoms with E-state index in [1.165, 1.54) is 11.4 Å². The van der Waals surface area contributed by atoms with E-state index in [2.05, 4.69) is 10.3 Å². The van der Waals surface area contributed by atoms with E-state index in [0.29, 0.717) is 13.2 Å². The van der Waals surface area contributed by atoms with E-state index in [1.54, 1.807) is 18.5 Å². The molecule has 0 aliphatic carbocycles. The third kappa shape index (κ3) is 7.16. The average molecular weight is 315 g/mol. The fraction of sp³-hybridized carbons (Fsp3) is 0.538. The zero-order valence-electron chi connectivity index (χ0n) is 12.3. The quantitative estimate of drug-likeness (QED) is 0.693. The molecule has 0 fully saturated rings. The topological polar surface area (TPSA) is 88.6 Å². The summed E-state index contributed by atoms with van der Waals surface area (Å²) >= 11 is 0. The van der Waals surface area contributed by atoms with Crippen molar-refractivity contribution >= 4 is 15.9 Å². The number of pyridine rings is 1. The van der Waals surface area contributed by atoms with Gasteiger partial charge in [0.15, 0.2) is 0 Å². The number of rotatable bonds is 9. The molecule has 1 aromatic heterocycles. The van der Waals surface area contributed by atoms with Crippen LogP contribution in [-0.4, -0.2) is 56.7 Å². The molecule has 7 nitrogen and oxygen atoms in total. The van der Waals surface area contributed by atoms with Crippen LogP contribution in [0.2, 0.25) is 0 Å². The van der Waals surface area contributed by atoms with Crippen LogP contribution >= 0.6 is 0 Å². The monoisotopic (exact) mass is 315 g/mol. The zero-order chi connectivity index (χ0) is 15.7. The van der Waals surface area contributed by atoms with Gasteiger partial charge in [0.25, 0.3) is 0 Å². The smallest absolute Gasteiger partial charge is 0.221 e. The molecule has 1 heterocycles. The summed E-state index contributed by atoms with van der Waals surface area (Å²) in [6.07, 6.45) is 4.56. The minimum atomic E-state index is -3.34. The Hall–Kier alpha value is -1.51. The van der Waals surface area contributed by atoms with E-state index >= 15 is 0 Å². The van der Waals surface area contributed by atoms with Gasteiger partial charge >= 0.3 is 0 Å². The van der Waals surface area contributed by atoms with E-state index in [9.17, 15) is 13.2 Å². The molecule has 21 heavy (non-hydrogen) atoms. The summed E-state index contributed by atoms with van der Waals surface area (Å²) in [5.74, 6) is -0.204. The Balaban J connectivity index is 2.39. The summed E-state index contributed by atoms with van der Waals surface area (Å²) in [6.45, 7) is 1.06. The first-order chi connectivity index (χ1) is 9.93. The molecule has 0 radical (unpaired) electrons. The maximum atomic E-state index is 11.7. The second-order valence-corrected chi connectivity index (χ2v) is 6.53. The number of carbonyl (C=O) groups is 1. The van der Waals surface area contributed by atoms with Crippen molar-refractivity contribution in [3.8, 4) is 0 Å². The lowest BCUT2D eigenvalue weighted by atomic mass is 10.3. The summed E-state index contributed by atoms with van der Waals surface area (Å²) in [6, 6.07) is 3.65. The summed E-state index contributed by atoms with van der Waals surface area (Å²) in [5.41, 5.74) is 0.894. The highest BCUT2D eigenvalue weighted by molar-refractivity contribution is 7.88. The molecule has 1 amide bonds. The van der Waals surface area contributed by atoms with Crippen LogP contribution in [0.3, 0.4) is 0 Å². The van der Waals surface area contributed by atoms with Crippen LogP contribution < -0.4 is 5.32 Å². The fourth-order valence-corrected chi connectivity index (χ4v) is 2.48. The summed E-state index contributed by atoms with van der Waals surface area (Å²) in [5, 5.41) is 2.73. The highest BCUT2D eigenvalue weighted by Gasteiger charge is 2.17. The van der Waals surface area contributed by atoms with Gasteiger partial charge in [0.2, 0.25) is 15.9 Å². The molecule has 0 aromatic carbocycles. The standard InChI is InChI=1S/C13H21N3O4S/c1-20-9-8-16(21(2,18)19)7-5-13(17)15-11-12-4-3-6-14-10-12/h3-4,6,10H,5,7-9,11H2,1-2H3,(H,15,17). The molecule has 1 N–H and O–H groups in total. The summed E-state index contributed by atoms with van der Waals surface area (Å²) in [4.78, 5) is 15.7. The second-order valence-electron chi connectivity index (χ2n) is 4.54. The Morgan fingerprint density at radius 1 is 1.43 bits per heavy atom. The minimum Gasteiger partial charge on any atom is -0.383 e. The molecule has 0 unspecified atom stereocenters. The third-order valence-corrected chi connectivity index (χ3v) is 4.12. The first kappa shape index (κ1) is 17.5. The SMILES string of the molecule is COCCN(CCC(=O)NCc1cccnc1)S(C)(=O)=O. The molecule has 0 aliphatic heterocycles. The van der Waals surface area contributed by atoms with Gasteiger partial charge in [0, 0.05) is 45.6 Å². The number of ether oxygens (including phenoxy) is 1. The Morgan fingerprint density at radius 3 is 2.76 bits per heavy atom. The Kier molecular flexibility index (Phi) is 7.27. The van der Waals surface area contributed by atoms with Crippen molar-refractivity contribution in [3.05, 3.63) is 30.1 Å². The van der Waals surface area contributed by atoms with Gasteiger partial charge in [-0.15, -0.1) is 0 Å². The van der Waals surface area contributed by atoms with E-state index in [0.717, 1.165) is 11.8 Å². The molecule has 8 heteroatoms. The predicted octanol–water partition coefficient (Wildman–Crippen LogP) is -0.00410. The molecule has 0 atom stereocenters. The van der Waals surface area contributed by atoms with Crippen molar-refractivity contribution in [3.63, 3.8) is 0 Å². The maximum absolute atomic E-state index is 11.7. The Labute approximate surface area is 125 Å². The number of methoxy groups -OCH3 is 1. The van der Waals surface area contributed by atoms with Gasteiger partial charge in [-0.05, 0) is 11.6 Å². The number of hydrogen-bond donors (Lipinski definition) is 1. The number of carbonyl (C=O) groups excluding carboxylic acids is 1. The molecule has 1 rings (SSSR count). The van der Waals surface area contributed by atoms with Gasteiger partial charge < -0.3 is 10.1 Å². The molecular formula is C13H21N3O4S. The summed E-state index contributed by atoms with van der Waals surface area (Å²) < 4.78 is 29.2. The number of aromatic nitrogens is 1. The number of nitrogens with one attached hydrogen (secondary N) is 1. The van der Waals surface area contributed by atoms with Gasteiger partial charge in [0.05, 0.1) is 12.9 Å². The van der Waals surface area contributed by atoms with Crippen molar-refractivity contribution in [1.29, 1.82) is 0 Å². The predicted molar refractivity (Wildman–Crippen MR) is 79.0 cm³/mol. The Bertz CT molecular complexity index is 534. The van der Waals surface area contributed by atoms with Gasteiger partial charge in [0.1, 0.15) is 0 Å². The molecule has 118 valence electrons. The third-order valence-electron chi connectivity index (χ3n) is 2.81. The highest BCUT2D eigenvalue weighted by atomic mass is 32.2. The molecule has 0 saturated carbocycles. The van der Waals surface area contributed by atoms with Crippen LogP contribution in [0, 0.1) is 0 Å². The molecule has 0 aliphatic rings. The normalized spacial score (nSPS) is 11.6. The molecule has 0 bridgehead atoms. The van der Waals surface area contributed by atoms with Crippen molar-refractivity contribution in [1.82, 2.24) is 14.6 Å².